The van der Waals surface area contributed by atoms with Gasteiger partial charge in [0.1, 0.15) is 12.4 Å². The van der Waals surface area contributed by atoms with Crippen LogP contribution in [-0.4, -0.2) is 15.7 Å². The minimum Gasteiger partial charge on any atom is -0.324 e. The maximum absolute atomic E-state index is 13.0. The van der Waals surface area contributed by atoms with Crippen molar-refractivity contribution in [3.05, 3.63) is 82.4 Å². The van der Waals surface area contributed by atoms with E-state index in [4.69, 9.17) is 0 Å². The molecule has 0 saturated heterocycles. The third-order valence-corrected chi connectivity index (χ3v) is 3.72. The zero-order valence-electron chi connectivity index (χ0n) is 13.6. The molecule has 6 heteroatoms. The lowest BCUT2D eigenvalue weighted by Crippen LogP contribution is -2.29. The number of halogens is 1. The highest BCUT2D eigenvalue weighted by Crippen LogP contribution is 2.16. The van der Waals surface area contributed by atoms with E-state index in [9.17, 15) is 14.0 Å². The molecule has 0 spiro atoms. The molecule has 0 aliphatic heterocycles. The number of benzene rings is 2. The minimum atomic E-state index is -0.384. The van der Waals surface area contributed by atoms with E-state index >= 15 is 0 Å². The zero-order chi connectivity index (χ0) is 17.8. The Hall–Kier alpha value is -3.28. The van der Waals surface area contributed by atoms with Crippen LogP contribution in [0.3, 0.4) is 0 Å². The van der Waals surface area contributed by atoms with Crippen LogP contribution in [0.5, 0.6) is 0 Å². The molecular weight excluding hydrogens is 321 g/mol. The first kappa shape index (κ1) is 16.6. The molecule has 0 fully saturated rings. The smallest absolute Gasteiger partial charge is 0.267 e. The number of nitrogens with zero attached hydrogens (tertiary/aromatic N) is 2. The monoisotopic (exact) mass is 337 g/mol. The fourth-order valence-electron chi connectivity index (χ4n) is 2.38. The van der Waals surface area contributed by atoms with Gasteiger partial charge in [-0.05, 0) is 48.9 Å². The summed E-state index contributed by atoms with van der Waals surface area (Å²) in [7, 11) is 0. The lowest BCUT2D eigenvalue weighted by atomic mass is 10.1. The number of hydrogen-bond acceptors (Lipinski definition) is 3. The average molecular weight is 337 g/mol. The maximum atomic E-state index is 13.0. The van der Waals surface area contributed by atoms with Crippen molar-refractivity contribution in [1.29, 1.82) is 0 Å². The zero-order valence-corrected chi connectivity index (χ0v) is 13.6. The van der Waals surface area contributed by atoms with Crippen LogP contribution in [0.15, 0.2) is 65.5 Å². The predicted molar refractivity (Wildman–Crippen MR) is 93.7 cm³/mol. The normalized spacial score (nSPS) is 10.5. The summed E-state index contributed by atoms with van der Waals surface area (Å²) in [4.78, 5) is 24.2. The maximum Gasteiger partial charge on any atom is 0.267 e. The summed E-state index contributed by atoms with van der Waals surface area (Å²) in [6.07, 6.45) is 0. The molecule has 3 aromatic rings. The molecule has 0 atom stereocenters. The SMILES string of the molecule is Cc1ccccc1NC(=O)Cn1nc(-c2ccc(F)cc2)ccc1=O. The summed E-state index contributed by atoms with van der Waals surface area (Å²) < 4.78 is 14.1. The van der Waals surface area contributed by atoms with Crippen LogP contribution in [0.4, 0.5) is 10.1 Å². The highest BCUT2D eigenvalue weighted by atomic mass is 19.1. The molecule has 1 heterocycles. The quantitative estimate of drug-likeness (QED) is 0.796. The lowest BCUT2D eigenvalue weighted by Gasteiger charge is -2.10. The van der Waals surface area contributed by atoms with Crippen LogP contribution in [0.1, 0.15) is 5.56 Å². The number of anilines is 1. The van der Waals surface area contributed by atoms with Gasteiger partial charge in [0.25, 0.3) is 5.56 Å². The predicted octanol–water partition coefficient (Wildman–Crippen LogP) is 3.00. The lowest BCUT2D eigenvalue weighted by molar-refractivity contribution is -0.117. The minimum absolute atomic E-state index is 0.206. The van der Waals surface area contributed by atoms with Crippen molar-refractivity contribution in [2.45, 2.75) is 13.5 Å². The first-order chi connectivity index (χ1) is 12.0. The van der Waals surface area contributed by atoms with Crippen LogP contribution in [0.25, 0.3) is 11.3 Å². The van der Waals surface area contributed by atoms with Gasteiger partial charge >= 0.3 is 0 Å². The van der Waals surface area contributed by atoms with E-state index in [0.717, 1.165) is 10.2 Å². The Labute approximate surface area is 143 Å². The van der Waals surface area contributed by atoms with E-state index < -0.39 is 0 Å². The molecule has 0 bridgehead atoms. The van der Waals surface area contributed by atoms with E-state index in [1.807, 2.05) is 25.1 Å². The Morgan fingerprint density at radius 1 is 1.08 bits per heavy atom. The van der Waals surface area contributed by atoms with Gasteiger partial charge in [-0.3, -0.25) is 9.59 Å². The third kappa shape index (κ3) is 3.98. The standard InChI is InChI=1S/C19H16FN3O2/c1-13-4-2-3-5-16(13)21-18(24)12-23-19(25)11-10-17(22-23)14-6-8-15(20)9-7-14/h2-11H,12H2,1H3,(H,21,24). The molecule has 126 valence electrons. The van der Waals surface area contributed by atoms with E-state index in [1.54, 1.807) is 24.3 Å². The van der Waals surface area contributed by atoms with Gasteiger partial charge < -0.3 is 5.32 Å². The Morgan fingerprint density at radius 2 is 1.80 bits per heavy atom. The first-order valence-corrected chi connectivity index (χ1v) is 7.72. The van der Waals surface area contributed by atoms with Gasteiger partial charge in [-0.2, -0.15) is 5.10 Å². The van der Waals surface area contributed by atoms with E-state index in [0.29, 0.717) is 16.9 Å². The topological polar surface area (TPSA) is 64.0 Å². The van der Waals surface area contributed by atoms with Crippen molar-refractivity contribution < 1.29 is 9.18 Å². The van der Waals surface area contributed by atoms with Crippen LogP contribution in [0.2, 0.25) is 0 Å². The van der Waals surface area contributed by atoms with Gasteiger partial charge in [0.2, 0.25) is 5.91 Å². The van der Waals surface area contributed by atoms with Gasteiger partial charge in [-0.15, -0.1) is 0 Å². The molecule has 0 aliphatic carbocycles. The fourth-order valence-corrected chi connectivity index (χ4v) is 2.38. The summed E-state index contributed by atoms with van der Waals surface area (Å²) in [5.74, 6) is -0.699. The summed E-state index contributed by atoms with van der Waals surface area (Å²) in [5.41, 5.74) is 2.38. The Kier molecular flexibility index (Phi) is 4.70. The number of amides is 1. The largest absolute Gasteiger partial charge is 0.324 e. The molecule has 2 aromatic carbocycles. The second kappa shape index (κ2) is 7.09. The van der Waals surface area contributed by atoms with Crippen molar-refractivity contribution in [1.82, 2.24) is 9.78 Å². The van der Waals surface area contributed by atoms with Gasteiger partial charge in [0, 0.05) is 17.3 Å². The molecule has 0 radical (unpaired) electrons. The van der Waals surface area contributed by atoms with Crippen molar-refractivity contribution >= 4 is 11.6 Å². The van der Waals surface area contributed by atoms with E-state index in [2.05, 4.69) is 10.4 Å². The highest BCUT2D eigenvalue weighted by molar-refractivity contribution is 5.91. The number of aromatic nitrogens is 2. The summed E-state index contributed by atoms with van der Waals surface area (Å²) in [6, 6.07) is 16.0. The van der Waals surface area contributed by atoms with Gasteiger partial charge in [-0.1, -0.05) is 18.2 Å². The fraction of sp³-hybridized carbons (Fsp3) is 0.105. The van der Waals surface area contributed by atoms with Crippen molar-refractivity contribution in [3.8, 4) is 11.3 Å². The Bertz CT molecular complexity index is 965. The molecule has 1 amide bonds. The number of para-hydroxylation sites is 1. The van der Waals surface area contributed by atoms with Gasteiger partial charge in [-0.25, -0.2) is 9.07 Å². The number of carbonyl (C=O) groups is 1. The summed E-state index contributed by atoms with van der Waals surface area (Å²) >= 11 is 0. The second-order valence-corrected chi connectivity index (χ2v) is 5.58. The summed E-state index contributed by atoms with van der Waals surface area (Å²) in [6.45, 7) is 1.68. The van der Waals surface area contributed by atoms with Gasteiger partial charge in [0.05, 0.1) is 5.69 Å². The second-order valence-electron chi connectivity index (χ2n) is 5.58. The Balaban J connectivity index is 1.81. The molecule has 5 nitrogen and oxygen atoms in total. The molecule has 3 rings (SSSR count). The van der Waals surface area contributed by atoms with Gasteiger partial charge in [0.15, 0.2) is 0 Å². The molecule has 25 heavy (non-hydrogen) atoms. The number of carbonyl (C=O) groups excluding carboxylic acids is 1. The number of nitrogens with one attached hydrogen (secondary N) is 1. The first-order valence-electron chi connectivity index (χ1n) is 7.72. The molecule has 0 saturated carbocycles. The summed E-state index contributed by atoms with van der Waals surface area (Å²) in [5, 5.41) is 6.96. The van der Waals surface area contributed by atoms with Crippen molar-refractivity contribution in [2.75, 3.05) is 5.32 Å². The van der Waals surface area contributed by atoms with Crippen LogP contribution < -0.4 is 10.9 Å². The van der Waals surface area contributed by atoms with Crippen molar-refractivity contribution in [3.63, 3.8) is 0 Å². The molecule has 1 aromatic heterocycles. The third-order valence-electron chi connectivity index (χ3n) is 3.72. The molecule has 0 aliphatic rings. The molecular formula is C19H16FN3O2. The van der Waals surface area contributed by atoms with Crippen LogP contribution >= 0.6 is 0 Å². The molecule has 1 N–H and O–H groups in total. The Morgan fingerprint density at radius 3 is 2.52 bits per heavy atom. The average Bonchev–Trinajstić information content (AvgIpc) is 2.60. The van der Waals surface area contributed by atoms with Crippen LogP contribution in [0, 0.1) is 12.7 Å². The number of aryl methyl sites for hydroxylation is 1. The number of rotatable bonds is 4. The number of hydrogen-bond donors (Lipinski definition) is 1. The van der Waals surface area contributed by atoms with E-state index in [1.165, 1.54) is 18.2 Å². The highest BCUT2D eigenvalue weighted by Gasteiger charge is 2.09. The molecule has 0 unspecified atom stereocenters. The van der Waals surface area contributed by atoms with E-state index in [-0.39, 0.29) is 23.8 Å². The van der Waals surface area contributed by atoms with Crippen molar-refractivity contribution in [2.24, 2.45) is 0 Å². The van der Waals surface area contributed by atoms with Crippen LogP contribution in [-0.2, 0) is 11.3 Å².